The van der Waals surface area contributed by atoms with E-state index in [9.17, 15) is 22.4 Å². The van der Waals surface area contributed by atoms with Crippen molar-refractivity contribution in [3.63, 3.8) is 0 Å². The number of carbonyl (C=O) groups excluding carboxylic acids is 2. The number of Topliss-reactive ketones (excluding diaryl/α,β-unsaturated/α-hetero) is 1. The van der Waals surface area contributed by atoms with Crippen LogP contribution in [0.25, 0.3) is 0 Å². The summed E-state index contributed by atoms with van der Waals surface area (Å²) in [6, 6.07) is 13.3. The summed E-state index contributed by atoms with van der Waals surface area (Å²) in [4.78, 5) is 29.7. The molecule has 0 saturated heterocycles. The average Bonchev–Trinajstić information content (AvgIpc) is 2.75. The van der Waals surface area contributed by atoms with Crippen molar-refractivity contribution in [2.75, 3.05) is 11.6 Å². The monoisotopic (exact) mass is 488 g/mol. The fraction of sp³-hybridized carbons (Fsp3) is 0.208. The first-order valence-corrected chi connectivity index (χ1v) is 12.2. The molecule has 172 valence electrons. The molecule has 0 radical (unpaired) electrons. The molecular formula is C24H22ClFN2O4S. The van der Waals surface area contributed by atoms with Crippen molar-refractivity contribution in [3.05, 3.63) is 88.5 Å². The summed E-state index contributed by atoms with van der Waals surface area (Å²) < 4.78 is 36.5. The summed E-state index contributed by atoms with van der Waals surface area (Å²) in [7, 11) is -3.30. The van der Waals surface area contributed by atoms with Gasteiger partial charge in [0.2, 0.25) is 5.91 Å². The van der Waals surface area contributed by atoms with Gasteiger partial charge in [-0.05, 0) is 61.4 Å². The maximum absolute atomic E-state index is 13.5. The van der Waals surface area contributed by atoms with Gasteiger partial charge in [0.25, 0.3) is 0 Å². The lowest BCUT2D eigenvalue weighted by Crippen LogP contribution is -2.30. The first kappa shape index (κ1) is 24.5. The highest BCUT2D eigenvalue weighted by atomic mass is 35.5. The minimum Gasteiger partial charge on any atom is -0.324 e. The number of benzene rings is 2. The Morgan fingerprint density at radius 1 is 1.06 bits per heavy atom. The third kappa shape index (κ3) is 5.83. The van der Waals surface area contributed by atoms with E-state index in [0.29, 0.717) is 16.8 Å². The topological polar surface area (TPSA) is 93.2 Å². The number of hydrogen-bond acceptors (Lipinski definition) is 5. The molecule has 3 aromatic rings. The summed E-state index contributed by atoms with van der Waals surface area (Å²) in [6.45, 7) is 3.40. The van der Waals surface area contributed by atoms with E-state index in [1.54, 1.807) is 32.0 Å². The summed E-state index contributed by atoms with van der Waals surface area (Å²) in [5, 5.41) is 2.63. The third-order valence-corrected chi connectivity index (χ3v) is 6.62. The molecule has 9 heteroatoms. The zero-order chi connectivity index (χ0) is 24.4. The molecule has 0 aliphatic heterocycles. The molecule has 0 saturated carbocycles. The largest absolute Gasteiger partial charge is 0.324 e. The number of pyridine rings is 1. The molecule has 2 aromatic carbocycles. The number of ketones is 1. The van der Waals surface area contributed by atoms with Crippen LogP contribution in [0, 0.1) is 5.82 Å². The summed E-state index contributed by atoms with van der Waals surface area (Å²) >= 11 is 5.86. The number of aromatic nitrogens is 1. The minimum absolute atomic E-state index is 0.0447. The Labute approximate surface area is 196 Å². The van der Waals surface area contributed by atoms with E-state index in [-0.39, 0.29) is 33.7 Å². The molecule has 3 rings (SSSR count). The number of carbonyl (C=O) groups is 2. The van der Waals surface area contributed by atoms with Gasteiger partial charge in [0.05, 0.1) is 33.6 Å². The molecule has 0 atom stereocenters. The van der Waals surface area contributed by atoms with Gasteiger partial charge in [-0.1, -0.05) is 29.8 Å². The van der Waals surface area contributed by atoms with Crippen molar-refractivity contribution < 1.29 is 22.4 Å². The van der Waals surface area contributed by atoms with Crippen LogP contribution < -0.4 is 5.32 Å². The second kappa shape index (κ2) is 9.41. The molecule has 0 aliphatic rings. The Kier molecular flexibility index (Phi) is 7.00. The molecule has 1 amide bonds. The van der Waals surface area contributed by atoms with Crippen molar-refractivity contribution in [1.29, 1.82) is 0 Å². The summed E-state index contributed by atoms with van der Waals surface area (Å²) in [5.41, 5.74) is 0.814. The van der Waals surface area contributed by atoms with Gasteiger partial charge in [-0.3, -0.25) is 14.6 Å². The number of nitrogens with zero attached hydrogens (tertiary/aromatic N) is 1. The van der Waals surface area contributed by atoms with Crippen molar-refractivity contribution in [2.24, 2.45) is 0 Å². The summed E-state index contributed by atoms with van der Waals surface area (Å²) in [5.74, 6) is -1.16. The fourth-order valence-electron chi connectivity index (χ4n) is 3.18. The second-order valence-corrected chi connectivity index (χ2v) is 10.6. The van der Waals surface area contributed by atoms with Crippen molar-refractivity contribution >= 4 is 38.8 Å². The van der Waals surface area contributed by atoms with Gasteiger partial charge in [0.1, 0.15) is 11.5 Å². The van der Waals surface area contributed by atoms with E-state index in [1.807, 2.05) is 0 Å². The van der Waals surface area contributed by atoms with Gasteiger partial charge < -0.3 is 5.32 Å². The number of hydrogen-bond donors (Lipinski definition) is 1. The van der Waals surface area contributed by atoms with Gasteiger partial charge in [-0.15, -0.1) is 0 Å². The first-order chi connectivity index (χ1) is 15.4. The van der Waals surface area contributed by atoms with Crippen LogP contribution in [0.3, 0.4) is 0 Å². The molecule has 0 spiro atoms. The van der Waals surface area contributed by atoms with Gasteiger partial charge in [0.15, 0.2) is 15.6 Å². The molecule has 1 aromatic heterocycles. The minimum atomic E-state index is -3.30. The molecule has 6 nitrogen and oxygen atoms in total. The fourth-order valence-corrected chi connectivity index (χ4v) is 3.99. The Balaban J connectivity index is 1.67. The second-order valence-electron chi connectivity index (χ2n) is 8.16. The molecule has 1 N–H and O–H groups in total. The predicted molar refractivity (Wildman–Crippen MR) is 125 cm³/mol. The zero-order valence-corrected chi connectivity index (χ0v) is 19.8. The highest BCUT2D eigenvalue weighted by molar-refractivity contribution is 7.90. The van der Waals surface area contributed by atoms with E-state index < -0.39 is 21.1 Å². The smallest absolute Gasteiger partial charge is 0.228 e. The van der Waals surface area contributed by atoms with Crippen molar-refractivity contribution in [2.45, 2.75) is 30.6 Å². The van der Waals surface area contributed by atoms with E-state index in [1.165, 1.54) is 42.6 Å². The Bertz CT molecular complexity index is 1310. The van der Waals surface area contributed by atoms with Crippen LogP contribution in [0.1, 0.15) is 35.5 Å². The number of rotatable bonds is 7. The number of halogens is 2. The maximum atomic E-state index is 13.5. The molecule has 0 bridgehead atoms. The number of anilines is 1. The third-order valence-electron chi connectivity index (χ3n) is 5.21. The van der Waals surface area contributed by atoms with Gasteiger partial charge in [-0.25, -0.2) is 12.8 Å². The predicted octanol–water partition coefficient (Wildman–Crippen LogP) is 4.62. The average molecular weight is 489 g/mol. The molecule has 33 heavy (non-hydrogen) atoms. The van der Waals surface area contributed by atoms with Crippen LogP contribution in [-0.4, -0.2) is 31.3 Å². The van der Waals surface area contributed by atoms with Crippen LogP contribution in [0.4, 0.5) is 10.1 Å². The standard InChI is InChI=1S/C24H22ClFN2O4S/c1-24(2,16-6-10-20(26)19(25)13-16)23(30)21-11-7-17(14-27-21)28-22(29)12-15-4-8-18(9-5-15)33(3,31)32/h4-11,13-14H,12H2,1-3H3,(H,28,29). The first-order valence-electron chi connectivity index (χ1n) is 9.93. The zero-order valence-electron chi connectivity index (χ0n) is 18.2. The SMILES string of the molecule is CC(C)(C(=O)c1ccc(NC(=O)Cc2ccc(S(C)(=O)=O)cc2)cn1)c1ccc(F)c(Cl)c1. The molecular weight excluding hydrogens is 467 g/mol. The van der Waals surface area contributed by atoms with Gasteiger partial charge in [-0.2, -0.15) is 0 Å². The quantitative estimate of drug-likeness (QED) is 0.490. The van der Waals surface area contributed by atoms with Crippen LogP contribution >= 0.6 is 11.6 Å². The maximum Gasteiger partial charge on any atom is 0.228 e. The Morgan fingerprint density at radius 3 is 2.27 bits per heavy atom. The summed E-state index contributed by atoms with van der Waals surface area (Å²) in [6.07, 6.45) is 2.54. The highest BCUT2D eigenvalue weighted by Gasteiger charge is 2.32. The van der Waals surface area contributed by atoms with Crippen LogP contribution in [0.15, 0.2) is 65.7 Å². The molecule has 0 unspecified atom stereocenters. The van der Waals surface area contributed by atoms with Crippen LogP contribution in [0.5, 0.6) is 0 Å². The van der Waals surface area contributed by atoms with Crippen LogP contribution in [-0.2, 0) is 26.5 Å². The van der Waals surface area contributed by atoms with Gasteiger partial charge >= 0.3 is 0 Å². The lowest BCUT2D eigenvalue weighted by Gasteiger charge is -2.23. The van der Waals surface area contributed by atoms with E-state index in [4.69, 9.17) is 11.6 Å². The van der Waals surface area contributed by atoms with Crippen molar-refractivity contribution in [3.8, 4) is 0 Å². The number of sulfone groups is 1. The number of amides is 1. The van der Waals surface area contributed by atoms with Gasteiger partial charge in [0, 0.05) is 6.26 Å². The van der Waals surface area contributed by atoms with E-state index >= 15 is 0 Å². The normalized spacial score (nSPS) is 11.8. The lowest BCUT2D eigenvalue weighted by atomic mass is 9.79. The van der Waals surface area contributed by atoms with E-state index in [0.717, 1.165) is 6.26 Å². The Hall–Kier alpha value is -3.10. The number of nitrogens with one attached hydrogen (secondary N) is 1. The molecule has 0 fully saturated rings. The lowest BCUT2D eigenvalue weighted by molar-refractivity contribution is -0.115. The molecule has 1 heterocycles. The van der Waals surface area contributed by atoms with Crippen LogP contribution in [0.2, 0.25) is 5.02 Å². The van der Waals surface area contributed by atoms with E-state index in [2.05, 4.69) is 10.3 Å². The Morgan fingerprint density at radius 2 is 1.73 bits per heavy atom. The molecule has 0 aliphatic carbocycles. The van der Waals surface area contributed by atoms with Crippen molar-refractivity contribution in [1.82, 2.24) is 4.98 Å². The highest BCUT2D eigenvalue weighted by Crippen LogP contribution is 2.30.